The van der Waals surface area contributed by atoms with E-state index in [0.717, 1.165) is 5.52 Å². The summed E-state index contributed by atoms with van der Waals surface area (Å²) in [5.41, 5.74) is 1.47. The summed E-state index contributed by atoms with van der Waals surface area (Å²) in [4.78, 5) is 2.37. The first kappa shape index (κ1) is 12.6. The van der Waals surface area contributed by atoms with Crippen molar-refractivity contribution in [1.29, 1.82) is 0 Å². The van der Waals surface area contributed by atoms with Gasteiger partial charge in [-0.3, -0.25) is 0 Å². The molecule has 2 heterocycles. The highest BCUT2D eigenvalue weighted by Gasteiger charge is 2.35. The predicted octanol–water partition coefficient (Wildman–Crippen LogP) is 5.57. The lowest BCUT2D eigenvalue weighted by atomic mass is 10.1. The van der Waals surface area contributed by atoms with Gasteiger partial charge in [0, 0.05) is 33.2 Å². The maximum atomic E-state index is 12.9. The Morgan fingerprint density at radius 2 is 1.89 bits per heavy atom. The molecule has 1 N–H and O–H groups in total. The molecule has 0 amide bonds. The predicted molar refractivity (Wildman–Crippen MR) is 71.6 cm³/mol. The molecule has 0 unspecified atom stereocenters. The average molecular weight is 302 g/mol. The highest BCUT2D eigenvalue weighted by atomic mass is 35.5. The second-order valence-corrected chi connectivity index (χ2v) is 5.41. The van der Waals surface area contributed by atoms with E-state index in [0.29, 0.717) is 27.3 Å². The van der Waals surface area contributed by atoms with Gasteiger partial charge in [0.25, 0.3) is 0 Å². The minimum Gasteiger partial charge on any atom is -0.361 e. The molecule has 19 heavy (non-hydrogen) atoms. The summed E-state index contributed by atoms with van der Waals surface area (Å²) in [6.07, 6.45) is -2.76. The molecule has 0 spiro atoms. The smallest absolute Gasteiger partial charge is 0.361 e. The molecule has 2 aromatic heterocycles. The molecule has 0 atom stereocenters. The Balaban J connectivity index is 2.26. The number of nitrogens with one attached hydrogen (secondary N) is 1. The van der Waals surface area contributed by atoms with Crippen molar-refractivity contribution in [3.05, 3.63) is 45.7 Å². The van der Waals surface area contributed by atoms with Crippen molar-refractivity contribution < 1.29 is 13.2 Å². The number of aromatic amines is 1. The molecular weight excluding hydrogens is 295 g/mol. The summed E-state index contributed by atoms with van der Waals surface area (Å²) in [5, 5.41) is 2.63. The first-order valence-corrected chi connectivity index (χ1v) is 6.64. The zero-order valence-corrected chi connectivity index (χ0v) is 11.0. The number of hydrogen-bond donors (Lipinski definition) is 1. The van der Waals surface area contributed by atoms with Crippen LogP contribution in [-0.4, -0.2) is 4.98 Å². The van der Waals surface area contributed by atoms with Gasteiger partial charge in [0.1, 0.15) is 4.88 Å². The van der Waals surface area contributed by atoms with Gasteiger partial charge in [-0.1, -0.05) is 11.6 Å². The van der Waals surface area contributed by atoms with Crippen molar-refractivity contribution in [3.63, 3.8) is 0 Å². The molecule has 3 aromatic rings. The van der Waals surface area contributed by atoms with Gasteiger partial charge in [0.2, 0.25) is 0 Å². The van der Waals surface area contributed by atoms with E-state index in [2.05, 4.69) is 4.98 Å². The standard InChI is InChI=1S/C13H7ClF3NS/c14-7-1-2-11-9(5-7)10(6-18-11)8-3-4-19-12(8)13(15,16)17/h1-6,18H. The van der Waals surface area contributed by atoms with Crippen LogP contribution in [0.25, 0.3) is 22.0 Å². The van der Waals surface area contributed by atoms with Gasteiger partial charge in [0.15, 0.2) is 0 Å². The van der Waals surface area contributed by atoms with Crippen LogP contribution in [0.4, 0.5) is 13.2 Å². The molecule has 0 aliphatic heterocycles. The first-order chi connectivity index (χ1) is 8.97. The van der Waals surface area contributed by atoms with E-state index in [1.165, 1.54) is 11.4 Å². The summed E-state index contributed by atoms with van der Waals surface area (Å²) < 4.78 is 38.8. The number of H-pyrrole nitrogens is 1. The third-order valence-corrected chi connectivity index (χ3v) is 4.05. The maximum absolute atomic E-state index is 12.9. The molecule has 0 fully saturated rings. The Morgan fingerprint density at radius 3 is 2.63 bits per heavy atom. The number of halogens is 4. The molecule has 6 heteroatoms. The summed E-state index contributed by atoms with van der Waals surface area (Å²) >= 11 is 6.60. The number of fused-ring (bicyclic) bond motifs is 1. The second kappa shape index (κ2) is 4.28. The fourth-order valence-electron chi connectivity index (χ4n) is 2.06. The Morgan fingerprint density at radius 1 is 1.11 bits per heavy atom. The van der Waals surface area contributed by atoms with Crippen molar-refractivity contribution in [2.24, 2.45) is 0 Å². The van der Waals surface area contributed by atoms with Crippen LogP contribution in [0.2, 0.25) is 5.02 Å². The lowest BCUT2D eigenvalue weighted by Crippen LogP contribution is -2.03. The van der Waals surface area contributed by atoms with E-state index in [4.69, 9.17) is 11.6 Å². The highest BCUT2D eigenvalue weighted by Crippen LogP contribution is 2.43. The van der Waals surface area contributed by atoms with Gasteiger partial charge in [0.05, 0.1) is 0 Å². The topological polar surface area (TPSA) is 15.8 Å². The molecule has 0 aliphatic rings. The number of rotatable bonds is 1. The van der Waals surface area contributed by atoms with E-state index in [1.807, 2.05) is 0 Å². The number of benzene rings is 1. The summed E-state index contributed by atoms with van der Waals surface area (Å²) in [7, 11) is 0. The molecule has 1 aromatic carbocycles. The Hall–Kier alpha value is -1.46. The number of thiophene rings is 1. The fourth-order valence-corrected chi connectivity index (χ4v) is 3.01. The van der Waals surface area contributed by atoms with Crippen molar-refractivity contribution >= 4 is 33.8 Å². The van der Waals surface area contributed by atoms with Crippen LogP contribution in [0.5, 0.6) is 0 Å². The average Bonchev–Trinajstić information content (AvgIpc) is 2.91. The number of aromatic nitrogens is 1. The van der Waals surface area contributed by atoms with E-state index in [9.17, 15) is 13.2 Å². The van der Waals surface area contributed by atoms with Crippen LogP contribution >= 0.6 is 22.9 Å². The summed E-state index contributed by atoms with van der Waals surface area (Å²) in [6, 6.07) is 6.60. The fraction of sp³-hybridized carbons (Fsp3) is 0.0769. The second-order valence-electron chi connectivity index (χ2n) is 4.05. The zero-order chi connectivity index (χ0) is 13.6. The molecule has 0 bridgehead atoms. The maximum Gasteiger partial charge on any atom is 0.426 e. The van der Waals surface area contributed by atoms with Crippen LogP contribution < -0.4 is 0 Å². The van der Waals surface area contributed by atoms with Crippen LogP contribution in [0.3, 0.4) is 0 Å². The minimum atomic E-state index is -4.34. The summed E-state index contributed by atoms with van der Waals surface area (Å²) in [5.74, 6) is 0. The van der Waals surface area contributed by atoms with Crippen molar-refractivity contribution in [2.75, 3.05) is 0 Å². The lowest BCUT2D eigenvalue weighted by Gasteiger charge is -2.06. The third-order valence-electron chi connectivity index (χ3n) is 2.86. The largest absolute Gasteiger partial charge is 0.426 e. The van der Waals surface area contributed by atoms with Crippen LogP contribution in [0.1, 0.15) is 4.88 Å². The SMILES string of the molecule is FC(F)(F)c1sccc1-c1c[nH]c2ccc(Cl)cc12. The third kappa shape index (κ3) is 2.13. The molecule has 0 aliphatic carbocycles. The van der Waals surface area contributed by atoms with Gasteiger partial charge in [-0.05, 0) is 29.6 Å². The Labute approximate surface area is 115 Å². The van der Waals surface area contributed by atoms with Gasteiger partial charge < -0.3 is 4.98 Å². The first-order valence-electron chi connectivity index (χ1n) is 5.38. The number of alkyl halides is 3. The van der Waals surface area contributed by atoms with Crippen LogP contribution in [0, 0.1) is 0 Å². The Kier molecular flexibility index (Phi) is 2.83. The van der Waals surface area contributed by atoms with Gasteiger partial charge in [-0.25, -0.2) is 0 Å². The Bertz CT molecular complexity index is 742. The molecule has 3 rings (SSSR count). The van der Waals surface area contributed by atoms with Gasteiger partial charge >= 0.3 is 6.18 Å². The van der Waals surface area contributed by atoms with Gasteiger partial charge in [-0.2, -0.15) is 13.2 Å². The molecule has 0 saturated heterocycles. The normalized spacial score (nSPS) is 12.2. The van der Waals surface area contributed by atoms with E-state index in [-0.39, 0.29) is 5.56 Å². The van der Waals surface area contributed by atoms with Crippen molar-refractivity contribution in [2.45, 2.75) is 6.18 Å². The molecule has 0 radical (unpaired) electrons. The minimum absolute atomic E-state index is 0.186. The molecule has 1 nitrogen and oxygen atoms in total. The lowest BCUT2D eigenvalue weighted by molar-refractivity contribution is -0.133. The van der Waals surface area contributed by atoms with Crippen LogP contribution in [0.15, 0.2) is 35.8 Å². The van der Waals surface area contributed by atoms with E-state index >= 15 is 0 Å². The summed E-state index contributed by atoms with van der Waals surface area (Å²) in [6.45, 7) is 0. The van der Waals surface area contributed by atoms with E-state index in [1.54, 1.807) is 24.4 Å². The zero-order valence-electron chi connectivity index (χ0n) is 9.38. The molecule has 98 valence electrons. The van der Waals surface area contributed by atoms with E-state index < -0.39 is 11.1 Å². The van der Waals surface area contributed by atoms with Crippen LogP contribution in [-0.2, 0) is 6.18 Å². The monoisotopic (exact) mass is 301 g/mol. The van der Waals surface area contributed by atoms with Crippen molar-refractivity contribution in [3.8, 4) is 11.1 Å². The molecule has 0 saturated carbocycles. The number of hydrogen-bond acceptors (Lipinski definition) is 1. The highest BCUT2D eigenvalue weighted by molar-refractivity contribution is 7.10. The quantitative estimate of drug-likeness (QED) is 0.605. The van der Waals surface area contributed by atoms with Crippen molar-refractivity contribution in [1.82, 2.24) is 4.98 Å². The van der Waals surface area contributed by atoms with Gasteiger partial charge in [-0.15, -0.1) is 11.3 Å². The molecular formula is C13H7ClF3NS.